The van der Waals surface area contributed by atoms with Crippen molar-refractivity contribution in [2.24, 2.45) is 0 Å². The molecule has 0 aliphatic rings. The van der Waals surface area contributed by atoms with Crippen molar-refractivity contribution in [3.8, 4) is 0 Å². The largest absolute Gasteiger partial charge is 0.352 e. The molecule has 1 heterocycles. The second-order valence-electron chi connectivity index (χ2n) is 7.06. The van der Waals surface area contributed by atoms with Crippen LogP contribution in [-0.2, 0) is 10.0 Å². The third-order valence-electron chi connectivity index (χ3n) is 4.76. The highest BCUT2D eigenvalue weighted by Crippen LogP contribution is 2.22. The van der Waals surface area contributed by atoms with Crippen molar-refractivity contribution in [3.63, 3.8) is 0 Å². The highest BCUT2D eigenvalue weighted by molar-refractivity contribution is 7.92. The molecule has 9 heteroatoms. The van der Waals surface area contributed by atoms with Gasteiger partial charge in [-0.25, -0.2) is 23.1 Å². The summed E-state index contributed by atoms with van der Waals surface area (Å²) in [5, 5.41) is 6.89. The molecule has 0 bridgehead atoms. The lowest BCUT2D eigenvalue weighted by molar-refractivity contribution is 0.601. The van der Waals surface area contributed by atoms with Crippen LogP contribution < -0.4 is 15.4 Å². The van der Waals surface area contributed by atoms with Crippen LogP contribution >= 0.6 is 12.2 Å². The summed E-state index contributed by atoms with van der Waals surface area (Å²) >= 11 is 5.54. The van der Waals surface area contributed by atoms with Gasteiger partial charge in [-0.15, -0.1) is 0 Å². The second kappa shape index (κ2) is 10.2. The summed E-state index contributed by atoms with van der Waals surface area (Å²) in [7, 11) is -3.80. The molecular formula is C24H21N5O2S2. The van der Waals surface area contributed by atoms with Crippen LogP contribution in [0.2, 0.25) is 0 Å². The van der Waals surface area contributed by atoms with Crippen LogP contribution in [0, 0.1) is 0 Å². The van der Waals surface area contributed by atoms with Gasteiger partial charge in [0.15, 0.2) is 5.11 Å². The maximum absolute atomic E-state index is 12.5. The number of aromatic nitrogens is 2. The van der Waals surface area contributed by atoms with E-state index in [1.165, 1.54) is 24.5 Å². The van der Waals surface area contributed by atoms with Crippen molar-refractivity contribution in [2.45, 2.75) is 10.9 Å². The zero-order chi connectivity index (χ0) is 23.1. The maximum atomic E-state index is 12.5. The fourth-order valence-electron chi connectivity index (χ4n) is 3.20. The molecule has 3 aromatic carbocycles. The van der Waals surface area contributed by atoms with Crippen molar-refractivity contribution in [1.29, 1.82) is 0 Å². The molecule has 0 amide bonds. The number of rotatable bonds is 7. The minimum atomic E-state index is -3.80. The summed E-state index contributed by atoms with van der Waals surface area (Å²) in [6.07, 6.45) is 2.92. The number of benzene rings is 3. The fraction of sp³-hybridized carbons (Fsp3) is 0.0417. The fourth-order valence-corrected chi connectivity index (χ4v) is 4.39. The van der Waals surface area contributed by atoms with Crippen LogP contribution in [0.15, 0.2) is 108 Å². The predicted molar refractivity (Wildman–Crippen MR) is 133 cm³/mol. The number of sulfonamides is 1. The topological polar surface area (TPSA) is 96.0 Å². The molecule has 4 aromatic rings. The number of hydrogen-bond donors (Lipinski definition) is 3. The van der Waals surface area contributed by atoms with E-state index >= 15 is 0 Å². The van der Waals surface area contributed by atoms with E-state index in [1.807, 2.05) is 60.7 Å². The molecule has 0 fully saturated rings. The van der Waals surface area contributed by atoms with Crippen LogP contribution in [0.5, 0.6) is 0 Å². The summed E-state index contributed by atoms with van der Waals surface area (Å²) in [4.78, 5) is 7.86. The maximum Gasteiger partial charge on any atom is 0.264 e. The first kappa shape index (κ1) is 22.4. The van der Waals surface area contributed by atoms with Crippen LogP contribution in [-0.4, -0.2) is 23.5 Å². The first-order valence-corrected chi connectivity index (χ1v) is 12.0. The number of nitrogens with zero attached hydrogens (tertiary/aromatic N) is 2. The van der Waals surface area contributed by atoms with Gasteiger partial charge in [-0.05, 0) is 53.7 Å². The molecule has 0 aliphatic carbocycles. The lowest BCUT2D eigenvalue weighted by Crippen LogP contribution is -2.33. The van der Waals surface area contributed by atoms with E-state index in [2.05, 4.69) is 25.3 Å². The second-order valence-corrected chi connectivity index (χ2v) is 9.15. The van der Waals surface area contributed by atoms with E-state index in [1.54, 1.807) is 18.2 Å². The standard InChI is InChI=1S/C24H21N5O2S2/c30-33(31,29-23-25-16-7-17-26-23)21-14-12-20(13-15-21)27-24(32)28-22(18-8-3-1-4-9-18)19-10-5-2-6-11-19/h1-17,22H,(H,25,26,29)(H2,27,28,32). The molecular weight excluding hydrogens is 454 g/mol. The van der Waals surface area contributed by atoms with Crippen molar-refractivity contribution in [1.82, 2.24) is 15.3 Å². The third-order valence-corrected chi connectivity index (χ3v) is 6.32. The van der Waals surface area contributed by atoms with E-state index in [0.29, 0.717) is 10.8 Å². The lowest BCUT2D eigenvalue weighted by Gasteiger charge is -2.22. The Morgan fingerprint density at radius 1 is 0.758 bits per heavy atom. The Kier molecular flexibility index (Phi) is 6.92. The molecule has 0 saturated carbocycles. The molecule has 7 nitrogen and oxygen atoms in total. The summed E-state index contributed by atoms with van der Waals surface area (Å²) < 4.78 is 27.4. The minimum Gasteiger partial charge on any atom is -0.352 e. The smallest absolute Gasteiger partial charge is 0.264 e. The summed E-state index contributed by atoms with van der Waals surface area (Å²) in [6, 6.07) is 27.8. The summed E-state index contributed by atoms with van der Waals surface area (Å²) in [6.45, 7) is 0. The number of thiocarbonyl (C=S) groups is 1. The van der Waals surface area contributed by atoms with E-state index in [-0.39, 0.29) is 16.9 Å². The Hall–Kier alpha value is -3.82. The lowest BCUT2D eigenvalue weighted by atomic mass is 9.99. The first-order valence-electron chi connectivity index (χ1n) is 10.1. The molecule has 1 aromatic heterocycles. The van der Waals surface area contributed by atoms with Gasteiger partial charge in [-0.2, -0.15) is 0 Å². The van der Waals surface area contributed by atoms with E-state index in [0.717, 1.165) is 11.1 Å². The summed E-state index contributed by atoms with van der Waals surface area (Å²) in [5.74, 6) is 0.0120. The first-order chi connectivity index (χ1) is 16.0. The van der Waals surface area contributed by atoms with Crippen molar-refractivity contribution < 1.29 is 8.42 Å². The van der Waals surface area contributed by atoms with Crippen LogP contribution in [0.25, 0.3) is 0 Å². The number of hydrogen-bond acceptors (Lipinski definition) is 5. The van der Waals surface area contributed by atoms with Crippen LogP contribution in [0.4, 0.5) is 11.6 Å². The van der Waals surface area contributed by atoms with Gasteiger partial charge in [0.1, 0.15) is 0 Å². The van der Waals surface area contributed by atoms with Crippen LogP contribution in [0.1, 0.15) is 17.2 Å². The van der Waals surface area contributed by atoms with Gasteiger partial charge in [-0.1, -0.05) is 60.7 Å². The molecule has 0 radical (unpaired) electrons. The third kappa shape index (κ3) is 5.91. The Balaban J connectivity index is 1.45. The van der Waals surface area contributed by atoms with Gasteiger partial charge in [0.25, 0.3) is 10.0 Å². The average Bonchev–Trinajstić information content (AvgIpc) is 2.84. The van der Waals surface area contributed by atoms with Crippen molar-refractivity contribution in [3.05, 3.63) is 115 Å². The van der Waals surface area contributed by atoms with E-state index in [9.17, 15) is 8.42 Å². The highest BCUT2D eigenvalue weighted by Gasteiger charge is 2.17. The molecule has 0 aliphatic heterocycles. The molecule has 166 valence electrons. The quantitative estimate of drug-likeness (QED) is 0.342. The van der Waals surface area contributed by atoms with Crippen molar-refractivity contribution in [2.75, 3.05) is 10.0 Å². The molecule has 0 unspecified atom stereocenters. The van der Waals surface area contributed by atoms with Gasteiger partial charge in [-0.3, -0.25) is 0 Å². The minimum absolute atomic E-state index is 0.0120. The van der Waals surface area contributed by atoms with Crippen molar-refractivity contribution >= 4 is 39.0 Å². The molecule has 3 N–H and O–H groups in total. The van der Waals surface area contributed by atoms with Gasteiger partial charge >= 0.3 is 0 Å². The Bertz CT molecular complexity index is 1260. The molecule has 4 rings (SSSR count). The van der Waals surface area contributed by atoms with Gasteiger partial charge in [0.2, 0.25) is 5.95 Å². The molecule has 0 spiro atoms. The normalized spacial score (nSPS) is 11.1. The van der Waals surface area contributed by atoms with Crippen LogP contribution in [0.3, 0.4) is 0 Å². The zero-order valence-electron chi connectivity index (χ0n) is 17.4. The molecule has 33 heavy (non-hydrogen) atoms. The van der Waals surface area contributed by atoms with E-state index in [4.69, 9.17) is 12.2 Å². The Morgan fingerprint density at radius 2 is 1.30 bits per heavy atom. The monoisotopic (exact) mass is 475 g/mol. The van der Waals surface area contributed by atoms with Gasteiger partial charge in [0.05, 0.1) is 10.9 Å². The van der Waals surface area contributed by atoms with Gasteiger partial charge < -0.3 is 10.6 Å². The number of nitrogens with one attached hydrogen (secondary N) is 3. The average molecular weight is 476 g/mol. The zero-order valence-corrected chi connectivity index (χ0v) is 19.1. The molecule has 0 atom stereocenters. The van der Waals surface area contributed by atoms with Gasteiger partial charge in [0, 0.05) is 18.1 Å². The molecule has 0 saturated heterocycles. The highest BCUT2D eigenvalue weighted by atomic mass is 32.2. The van der Waals surface area contributed by atoms with E-state index < -0.39 is 10.0 Å². The Morgan fingerprint density at radius 3 is 1.85 bits per heavy atom. The SMILES string of the molecule is O=S(=O)(Nc1ncccn1)c1ccc(NC(=S)NC(c2ccccc2)c2ccccc2)cc1. The Labute approximate surface area is 198 Å². The predicted octanol–water partition coefficient (Wildman–Crippen LogP) is 4.35. The summed E-state index contributed by atoms with van der Waals surface area (Å²) in [5.41, 5.74) is 2.80. The number of anilines is 2.